The zero-order valence-corrected chi connectivity index (χ0v) is 12.0. The number of benzene rings is 1. The van der Waals surface area contributed by atoms with E-state index in [1.165, 1.54) is 0 Å². The number of aromatic nitrogens is 2. The van der Waals surface area contributed by atoms with Crippen molar-refractivity contribution in [2.45, 2.75) is 26.3 Å². The maximum atomic E-state index is 6.20. The lowest BCUT2D eigenvalue weighted by atomic mass is 9.97. The summed E-state index contributed by atoms with van der Waals surface area (Å²) in [6.45, 7) is 5.86. The SMILES string of the molecule is Cc1c(C(C)(C)N)cnn1-c1cccc(Cl)c1Cl. The van der Waals surface area contributed by atoms with Gasteiger partial charge >= 0.3 is 0 Å². The zero-order valence-electron chi connectivity index (χ0n) is 10.5. The highest BCUT2D eigenvalue weighted by atomic mass is 35.5. The second-order valence-corrected chi connectivity index (χ2v) is 5.64. The smallest absolute Gasteiger partial charge is 0.0850 e. The normalized spacial score (nSPS) is 11.9. The molecule has 0 spiro atoms. The average Bonchev–Trinajstić information content (AvgIpc) is 2.64. The minimum absolute atomic E-state index is 0.437. The summed E-state index contributed by atoms with van der Waals surface area (Å²) in [6, 6.07) is 5.47. The molecule has 0 atom stereocenters. The molecular formula is C13H15Cl2N3. The molecule has 2 aromatic rings. The third-order valence-corrected chi connectivity index (χ3v) is 3.67. The number of nitrogens with zero attached hydrogens (tertiary/aromatic N) is 2. The summed E-state index contributed by atoms with van der Waals surface area (Å²) in [4.78, 5) is 0. The largest absolute Gasteiger partial charge is 0.322 e. The van der Waals surface area contributed by atoms with E-state index in [2.05, 4.69) is 5.10 Å². The third-order valence-electron chi connectivity index (χ3n) is 2.86. The van der Waals surface area contributed by atoms with Crippen molar-refractivity contribution in [2.24, 2.45) is 5.73 Å². The summed E-state index contributed by atoms with van der Waals surface area (Å²) >= 11 is 12.2. The van der Waals surface area contributed by atoms with Gasteiger partial charge in [-0.3, -0.25) is 0 Å². The lowest BCUT2D eigenvalue weighted by Gasteiger charge is -2.18. The van der Waals surface area contributed by atoms with Crippen molar-refractivity contribution in [3.63, 3.8) is 0 Å². The van der Waals surface area contributed by atoms with E-state index in [0.29, 0.717) is 10.0 Å². The molecule has 2 N–H and O–H groups in total. The Morgan fingerprint density at radius 1 is 1.28 bits per heavy atom. The summed E-state index contributed by atoms with van der Waals surface area (Å²) in [5.41, 5.74) is 8.38. The molecule has 0 fully saturated rings. The number of hydrogen-bond donors (Lipinski definition) is 1. The molecule has 5 heteroatoms. The summed E-state index contributed by atoms with van der Waals surface area (Å²) in [7, 11) is 0. The minimum atomic E-state index is -0.437. The van der Waals surface area contributed by atoms with Crippen molar-refractivity contribution < 1.29 is 0 Å². The van der Waals surface area contributed by atoms with Crippen molar-refractivity contribution >= 4 is 23.2 Å². The van der Waals surface area contributed by atoms with Gasteiger partial charge in [0.05, 0.1) is 21.9 Å². The van der Waals surface area contributed by atoms with E-state index in [1.807, 2.05) is 32.9 Å². The van der Waals surface area contributed by atoms with Crippen molar-refractivity contribution in [2.75, 3.05) is 0 Å². The number of rotatable bonds is 2. The lowest BCUT2D eigenvalue weighted by molar-refractivity contribution is 0.550. The Bertz CT molecular complexity index is 582. The van der Waals surface area contributed by atoms with Gasteiger partial charge in [0.25, 0.3) is 0 Å². The number of halogens is 2. The lowest BCUT2D eigenvalue weighted by Crippen LogP contribution is -2.29. The van der Waals surface area contributed by atoms with Crippen LogP contribution < -0.4 is 5.73 Å². The van der Waals surface area contributed by atoms with E-state index in [-0.39, 0.29) is 0 Å². The van der Waals surface area contributed by atoms with Crippen molar-refractivity contribution in [3.8, 4) is 5.69 Å². The second-order valence-electron chi connectivity index (χ2n) is 4.85. The Balaban J connectivity index is 2.60. The molecule has 0 aliphatic carbocycles. The van der Waals surface area contributed by atoms with Crippen LogP contribution in [0.1, 0.15) is 25.1 Å². The van der Waals surface area contributed by atoms with Crippen LogP contribution in [0.15, 0.2) is 24.4 Å². The average molecular weight is 284 g/mol. The highest BCUT2D eigenvalue weighted by Gasteiger charge is 2.21. The minimum Gasteiger partial charge on any atom is -0.322 e. The number of nitrogens with two attached hydrogens (primary N) is 1. The van der Waals surface area contributed by atoms with Gasteiger partial charge in [0.2, 0.25) is 0 Å². The first kappa shape index (κ1) is 13.4. The Labute approximate surface area is 117 Å². The zero-order chi connectivity index (χ0) is 13.5. The summed E-state index contributed by atoms with van der Waals surface area (Å²) in [6.07, 6.45) is 1.77. The van der Waals surface area contributed by atoms with Crippen LogP contribution in [0, 0.1) is 6.92 Å². The van der Waals surface area contributed by atoms with E-state index >= 15 is 0 Å². The molecule has 0 saturated heterocycles. The number of hydrogen-bond acceptors (Lipinski definition) is 2. The van der Waals surface area contributed by atoms with Crippen LogP contribution in [0.3, 0.4) is 0 Å². The van der Waals surface area contributed by atoms with E-state index in [4.69, 9.17) is 28.9 Å². The first-order chi connectivity index (χ1) is 8.32. The van der Waals surface area contributed by atoms with E-state index in [1.54, 1.807) is 16.9 Å². The molecule has 0 aliphatic rings. The summed E-state index contributed by atoms with van der Waals surface area (Å²) < 4.78 is 1.76. The molecule has 0 saturated carbocycles. The van der Waals surface area contributed by atoms with Crippen LogP contribution in [0.4, 0.5) is 0 Å². The van der Waals surface area contributed by atoms with Gasteiger partial charge < -0.3 is 5.73 Å². The highest BCUT2D eigenvalue weighted by molar-refractivity contribution is 6.43. The van der Waals surface area contributed by atoms with Gasteiger partial charge in [-0.15, -0.1) is 0 Å². The molecule has 0 bridgehead atoms. The summed E-state index contributed by atoms with van der Waals surface area (Å²) in [5, 5.41) is 5.35. The van der Waals surface area contributed by atoms with Gasteiger partial charge in [-0.1, -0.05) is 29.3 Å². The maximum Gasteiger partial charge on any atom is 0.0850 e. The van der Waals surface area contributed by atoms with Crippen LogP contribution in [-0.2, 0) is 5.54 Å². The Kier molecular flexibility index (Phi) is 3.41. The van der Waals surface area contributed by atoms with Crippen LogP contribution in [0.5, 0.6) is 0 Å². The Hall–Kier alpha value is -1.03. The first-order valence-corrected chi connectivity index (χ1v) is 6.36. The highest BCUT2D eigenvalue weighted by Crippen LogP contribution is 2.30. The predicted molar refractivity (Wildman–Crippen MR) is 75.5 cm³/mol. The molecule has 0 amide bonds. The molecule has 0 unspecified atom stereocenters. The molecule has 3 nitrogen and oxygen atoms in total. The standard InChI is InChI=1S/C13H15Cl2N3/c1-8-9(13(2,3)16)7-17-18(8)11-6-4-5-10(14)12(11)15/h4-7H,16H2,1-3H3. The van der Waals surface area contributed by atoms with Crippen molar-refractivity contribution in [1.82, 2.24) is 9.78 Å². The van der Waals surface area contributed by atoms with Crippen LogP contribution in [-0.4, -0.2) is 9.78 Å². The Morgan fingerprint density at radius 2 is 1.94 bits per heavy atom. The fourth-order valence-electron chi connectivity index (χ4n) is 1.94. The fourth-order valence-corrected chi connectivity index (χ4v) is 2.32. The monoisotopic (exact) mass is 283 g/mol. The molecule has 18 heavy (non-hydrogen) atoms. The quantitative estimate of drug-likeness (QED) is 0.914. The first-order valence-electron chi connectivity index (χ1n) is 5.60. The van der Waals surface area contributed by atoms with Gasteiger partial charge in [-0.2, -0.15) is 5.10 Å². The third kappa shape index (κ3) is 2.26. The predicted octanol–water partition coefficient (Wildman–Crippen LogP) is 3.68. The van der Waals surface area contributed by atoms with Crippen LogP contribution >= 0.6 is 23.2 Å². The molecule has 1 aromatic carbocycles. The van der Waals surface area contributed by atoms with Crippen molar-refractivity contribution in [1.29, 1.82) is 0 Å². The van der Waals surface area contributed by atoms with Crippen LogP contribution in [0.2, 0.25) is 10.0 Å². The van der Waals surface area contributed by atoms with Gasteiger partial charge in [-0.05, 0) is 32.9 Å². The summed E-state index contributed by atoms with van der Waals surface area (Å²) in [5.74, 6) is 0. The molecular weight excluding hydrogens is 269 g/mol. The van der Waals surface area contributed by atoms with Gasteiger partial charge in [0, 0.05) is 16.8 Å². The molecule has 2 rings (SSSR count). The maximum absolute atomic E-state index is 6.20. The molecule has 1 heterocycles. The Morgan fingerprint density at radius 3 is 2.50 bits per heavy atom. The molecule has 0 aliphatic heterocycles. The van der Waals surface area contributed by atoms with Crippen molar-refractivity contribution in [3.05, 3.63) is 45.7 Å². The van der Waals surface area contributed by atoms with Gasteiger partial charge in [0.15, 0.2) is 0 Å². The topological polar surface area (TPSA) is 43.8 Å². The molecule has 1 aromatic heterocycles. The molecule has 0 radical (unpaired) electrons. The van der Waals surface area contributed by atoms with E-state index in [9.17, 15) is 0 Å². The van der Waals surface area contributed by atoms with Gasteiger partial charge in [0.1, 0.15) is 0 Å². The van der Waals surface area contributed by atoms with E-state index in [0.717, 1.165) is 16.9 Å². The molecule has 96 valence electrons. The van der Waals surface area contributed by atoms with Crippen LogP contribution in [0.25, 0.3) is 5.69 Å². The van der Waals surface area contributed by atoms with E-state index < -0.39 is 5.54 Å². The second kappa shape index (κ2) is 4.57. The van der Waals surface area contributed by atoms with Gasteiger partial charge in [-0.25, -0.2) is 4.68 Å². The fraction of sp³-hybridized carbons (Fsp3) is 0.308.